The molecule has 76 valence electrons. The van der Waals surface area contributed by atoms with Gasteiger partial charge in [-0.05, 0) is 19.9 Å². The summed E-state index contributed by atoms with van der Waals surface area (Å²) in [5, 5.41) is 2.58. The number of alkyl carbamates (subject to hydrolysis) is 1. The van der Waals surface area contributed by atoms with Crippen molar-refractivity contribution in [1.82, 2.24) is 15.3 Å². The van der Waals surface area contributed by atoms with Crippen LogP contribution in [0, 0.1) is 6.92 Å². The minimum absolute atomic E-state index is 0.363. The summed E-state index contributed by atoms with van der Waals surface area (Å²) >= 11 is 0. The summed E-state index contributed by atoms with van der Waals surface area (Å²) in [6.45, 7) is 4.29. The minimum atomic E-state index is -0.427. The Hall–Kier alpha value is -1.65. The summed E-state index contributed by atoms with van der Waals surface area (Å²) in [5.74, 6) is 0.688. The smallest absolute Gasteiger partial charge is 0.407 e. The molecule has 0 aliphatic rings. The molecule has 1 heterocycles. The number of carbonyl (C=O) groups is 1. The van der Waals surface area contributed by atoms with Gasteiger partial charge >= 0.3 is 6.09 Å². The van der Waals surface area contributed by atoms with Crippen molar-refractivity contribution < 1.29 is 9.53 Å². The van der Waals surface area contributed by atoms with Crippen molar-refractivity contribution in [2.45, 2.75) is 20.4 Å². The molecule has 0 saturated heterocycles. The third kappa shape index (κ3) is 3.38. The van der Waals surface area contributed by atoms with E-state index in [4.69, 9.17) is 4.74 Å². The fourth-order valence-corrected chi connectivity index (χ4v) is 0.948. The van der Waals surface area contributed by atoms with Crippen molar-refractivity contribution in [2.75, 3.05) is 6.61 Å². The van der Waals surface area contributed by atoms with Gasteiger partial charge in [0.25, 0.3) is 0 Å². The summed E-state index contributed by atoms with van der Waals surface area (Å²) < 4.78 is 4.70. The van der Waals surface area contributed by atoms with Gasteiger partial charge in [-0.25, -0.2) is 14.8 Å². The van der Waals surface area contributed by atoms with E-state index in [0.29, 0.717) is 19.0 Å². The lowest BCUT2D eigenvalue weighted by molar-refractivity contribution is 0.151. The van der Waals surface area contributed by atoms with Crippen LogP contribution in [0.25, 0.3) is 0 Å². The van der Waals surface area contributed by atoms with Gasteiger partial charge in [0.15, 0.2) is 0 Å². The van der Waals surface area contributed by atoms with Gasteiger partial charge in [0.05, 0.1) is 18.8 Å². The molecule has 1 rings (SSSR count). The lowest BCUT2D eigenvalue weighted by Gasteiger charge is -2.04. The number of hydrogen-bond acceptors (Lipinski definition) is 4. The van der Waals surface area contributed by atoms with Gasteiger partial charge in [0, 0.05) is 6.20 Å². The van der Waals surface area contributed by atoms with Crippen molar-refractivity contribution in [1.29, 1.82) is 0 Å². The number of aromatic nitrogens is 2. The van der Waals surface area contributed by atoms with Crippen LogP contribution in [0.2, 0.25) is 0 Å². The van der Waals surface area contributed by atoms with Crippen LogP contribution in [0.15, 0.2) is 12.3 Å². The number of amides is 1. The van der Waals surface area contributed by atoms with Crippen LogP contribution in [-0.2, 0) is 11.3 Å². The molecule has 0 radical (unpaired) electrons. The monoisotopic (exact) mass is 195 g/mol. The largest absolute Gasteiger partial charge is 0.450 e. The summed E-state index contributed by atoms with van der Waals surface area (Å²) in [7, 11) is 0. The molecular weight excluding hydrogens is 182 g/mol. The molecule has 0 fully saturated rings. The van der Waals surface area contributed by atoms with E-state index < -0.39 is 6.09 Å². The highest BCUT2D eigenvalue weighted by molar-refractivity contribution is 5.66. The molecule has 0 aliphatic carbocycles. The van der Waals surface area contributed by atoms with E-state index in [9.17, 15) is 4.79 Å². The average molecular weight is 195 g/mol. The quantitative estimate of drug-likeness (QED) is 0.782. The number of carbonyl (C=O) groups excluding carboxylic acids is 1. The topological polar surface area (TPSA) is 64.1 Å². The van der Waals surface area contributed by atoms with Crippen molar-refractivity contribution in [3.8, 4) is 0 Å². The molecule has 1 aromatic heterocycles. The molecular formula is C9H13N3O2. The Morgan fingerprint density at radius 3 is 3.07 bits per heavy atom. The van der Waals surface area contributed by atoms with Gasteiger partial charge in [-0.1, -0.05) is 0 Å². The van der Waals surface area contributed by atoms with E-state index in [-0.39, 0.29) is 0 Å². The first-order valence-corrected chi connectivity index (χ1v) is 4.41. The Morgan fingerprint density at radius 1 is 1.64 bits per heavy atom. The van der Waals surface area contributed by atoms with Gasteiger partial charge in [-0.15, -0.1) is 0 Å². The average Bonchev–Trinajstić information content (AvgIpc) is 2.15. The maximum absolute atomic E-state index is 10.9. The van der Waals surface area contributed by atoms with Crippen molar-refractivity contribution >= 4 is 6.09 Å². The molecule has 14 heavy (non-hydrogen) atoms. The van der Waals surface area contributed by atoms with Gasteiger partial charge in [0.2, 0.25) is 0 Å². The minimum Gasteiger partial charge on any atom is -0.450 e. The highest BCUT2D eigenvalue weighted by Gasteiger charge is 2.00. The van der Waals surface area contributed by atoms with E-state index >= 15 is 0 Å². The fraction of sp³-hybridized carbons (Fsp3) is 0.444. The first-order valence-electron chi connectivity index (χ1n) is 4.41. The van der Waals surface area contributed by atoms with Gasteiger partial charge in [-0.3, -0.25) is 0 Å². The van der Waals surface area contributed by atoms with E-state index in [2.05, 4.69) is 15.3 Å². The number of rotatable bonds is 3. The Morgan fingerprint density at radius 2 is 2.43 bits per heavy atom. The molecule has 0 unspecified atom stereocenters. The Bertz CT molecular complexity index is 315. The van der Waals surface area contributed by atoms with Crippen molar-refractivity contribution in [2.24, 2.45) is 0 Å². The third-order valence-corrected chi connectivity index (χ3v) is 1.52. The highest BCUT2D eigenvalue weighted by Crippen LogP contribution is 1.93. The summed E-state index contributed by atoms with van der Waals surface area (Å²) in [6.07, 6.45) is 1.23. The molecule has 1 aromatic rings. The van der Waals surface area contributed by atoms with E-state index in [1.165, 1.54) is 0 Å². The molecule has 5 heteroatoms. The van der Waals surface area contributed by atoms with Gasteiger partial charge in [-0.2, -0.15) is 0 Å². The number of ether oxygens (including phenoxy) is 1. The SMILES string of the molecule is CCOC(=O)NCc1ccnc(C)n1. The predicted octanol–water partition coefficient (Wildman–Crippen LogP) is 1.03. The first-order chi connectivity index (χ1) is 6.72. The second-order valence-corrected chi connectivity index (χ2v) is 2.67. The zero-order valence-corrected chi connectivity index (χ0v) is 8.28. The molecule has 5 nitrogen and oxygen atoms in total. The van der Waals surface area contributed by atoms with Crippen LogP contribution >= 0.6 is 0 Å². The second-order valence-electron chi connectivity index (χ2n) is 2.67. The third-order valence-electron chi connectivity index (χ3n) is 1.52. The first kappa shape index (κ1) is 10.4. The lowest BCUT2D eigenvalue weighted by Crippen LogP contribution is -2.24. The maximum Gasteiger partial charge on any atom is 0.407 e. The number of hydrogen-bond donors (Lipinski definition) is 1. The van der Waals surface area contributed by atoms with E-state index in [0.717, 1.165) is 5.69 Å². The van der Waals surface area contributed by atoms with Crippen LogP contribution < -0.4 is 5.32 Å². The van der Waals surface area contributed by atoms with Crippen LogP contribution in [0.3, 0.4) is 0 Å². The molecule has 0 atom stereocenters. The molecule has 1 N–H and O–H groups in total. The molecule has 0 bridgehead atoms. The summed E-state index contributed by atoms with van der Waals surface area (Å²) in [5.41, 5.74) is 0.769. The van der Waals surface area contributed by atoms with E-state index in [1.807, 2.05) is 0 Å². The fourth-order valence-electron chi connectivity index (χ4n) is 0.948. The molecule has 0 saturated carbocycles. The summed E-state index contributed by atoms with van der Waals surface area (Å²) in [6, 6.07) is 1.75. The zero-order chi connectivity index (χ0) is 10.4. The molecule has 0 spiro atoms. The predicted molar refractivity (Wildman–Crippen MR) is 50.6 cm³/mol. The molecule has 1 amide bonds. The lowest BCUT2D eigenvalue weighted by atomic mass is 10.4. The number of nitrogens with one attached hydrogen (secondary N) is 1. The van der Waals surface area contributed by atoms with Crippen LogP contribution in [0.4, 0.5) is 4.79 Å². The number of nitrogens with zero attached hydrogens (tertiary/aromatic N) is 2. The Kier molecular flexibility index (Phi) is 3.84. The van der Waals surface area contributed by atoms with E-state index in [1.54, 1.807) is 26.1 Å². The number of aryl methyl sites for hydroxylation is 1. The van der Waals surface area contributed by atoms with Crippen molar-refractivity contribution in [3.63, 3.8) is 0 Å². The van der Waals surface area contributed by atoms with Crippen molar-refractivity contribution in [3.05, 3.63) is 23.8 Å². The Labute approximate surface area is 82.5 Å². The second kappa shape index (κ2) is 5.16. The standard InChI is InChI=1S/C9H13N3O2/c1-3-14-9(13)11-6-8-4-5-10-7(2)12-8/h4-5H,3,6H2,1-2H3,(H,11,13). The molecule has 0 aliphatic heterocycles. The summed E-state index contributed by atoms with van der Waals surface area (Å²) in [4.78, 5) is 19.0. The van der Waals surface area contributed by atoms with Crippen LogP contribution in [0.1, 0.15) is 18.4 Å². The van der Waals surface area contributed by atoms with Crippen LogP contribution in [0.5, 0.6) is 0 Å². The highest BCUT2D eigenvalue weighted by atomic mass is 16.5. The van der Waals surface area contributed by atoms with Gasteiger partial charge < -0.3 is 10.1 Å². The molecule has 0 aromatic carbocycles. The Balaban J connectivity index is 2.41. The normalized spacial score (nSPS) is 9.57. The van der Waals surface area contributed by atoms with Gasteiger partial charge in [0.1, 0.15) is 5.82 Å². The zero-order valence-electron chi connectivity index (χ0n) is 8.28. The van der Waals surface area contributed by atoms with Crippen LogP contribution in [-0.4, -0.2) is 22.7 Å². The maximum atomic E-state index is 10.9.